The molecule has 94 valence electrons. The molecule has 1 aliphatic rings. The van der Waals surface area contributed by atoms with Crippen molar-refractivity contribution >= 4 is 0 Å². The lowest BCUT2D eigenvalue weighted by Gasteiger charge is -2.26. The highest BCUT2D eigenvalue weighted by atomic mass is 15.1. The van der Waals surface area contributed by atoms with Gasteiger partial charge in [-0.2, -0.15) is 0 Å². The molecule has 0 saturated carbocycles. The molecule has 0 radical (unpaired) electrons. The number of hydrogen-bond donors (Lipinski definition) is 1. The largest absolute Gasteiger partial charge is 0.310 e. The van der Waals surface area contributed by atoms with Crippen LogP contribution in [0.4, 0.5) is 0 Å². The molecule has 1 N–H and O–H groups in total. The normalized spacial score (nSPS) is 17.2. The summed E-state index contributed by atoms with van der Waals surface area (Å²) in [6.07, 6.45) is 5.96. The van der Waals surface area contributed by atoms with Crippen molar-refractivity contribution in [2.75, 3.05) is 26.2 Å². The van der Waals surface area contributed by atoms with Crippen molar-refractivity contribution in [2.45, 2.75) is 32.7 Å². The molecule has 1 saturated heterocycles. The molecule has 0 unspecified atom stereocenters. The number of aromatic nitrogens is 2. The molecule has 17 heavy (non-hydrogen) atoms. The van der Waals surface area contributed by atoms with Gasteiger partial charge in [0.15, 0.2) is 0 Å². The van der Waals surface area contributed by atoms with Crippen LogP contribution in [-0.2, 0) is 6.54 Å². The SMILES string of the molecule is Cc1nccc(CNCCN2CCCCC2)n1. The van der Waals surface area contributed by atoms with Gasteiger partial charge in [-0.3, -0.25) is 0 Å². The fourth-order valence-electron chi connectivity index (χ4n) is 2.24. The molecule has 0 atom stereocenters. The standard InChI is InChI=1S/C13H22N4/c1-12-15-6-5-13(16-12)11-14-7-10-17-8-3-2-4-9-17/h5-6,14H,2-4,7-11H2,1H3. The van der Waals surface area contributed by atoms with Crippen LogP contribution in [0.1, 0.15) is 30.8 Å². The molecule has 4 heteroatoms. The summed E-state index contributed by atoms with van der Waals surface area (Å²) in [6, 6.07) is 1.97. The molecule has 1 aromatic rings. The molecule has 4 nitrogen and oxygen atoms in total. The molecule has 0 bridgehead atoms. The number of hydrogen-bond acceptors (Lipinski definition) is 4. The highest BCUT2D eigenvalue weighted by Crippen LogP contribution is 2.07. The van der Waals surface area contributed by atoms with E-state index in [-0.39, 0.29) is 0 Å². The minimum Gasteiger partial charge on any atom is -0.310 e. The van der Waals surface area contributed by atoms with Crippen molar-refractivity contribution < 1.29 is 0 Å². The Hall–Kier alpha value is -1.00. The van der Waals surface area contributed by atoms with Crippen LogP contribution in [0.25, 0.3) is 0 Å². The van der Waals surface area contributed by atoms with Crippen molar-refractivity contribution in [3.63, 3.8) is 0 Å². The van der Waals surface area contributed by atoms with E-state index in [0.29, 0.717) is 0 Å². The Bertz CT molecular complexity index is 334. The zero-order chi connectivity index (χ0) is 11.9. The minimum atomic E-state index is 0.844. The Balaban J connectivity index is 1.62. The molecule has 1 aromatic heterocycles. The van der Waals surface area contributed by atoms with Crippen molar-refractivity contribution in [2.24, 2.45) is 0 Å². The molecule has 0 aliphatic carbocycles. The summed E-state index contributed by atoms with van der Waals surface area (Å²) in [5.41, 5.74) is 1.08. The molecule has 2 heterocycles. The van der Waals surface area contributed by atoms with Crippen LogP contribution >= 0.6 is 0 Å². The molecular weight excluding hydrogens is 212 g/mol. The zero-order valence-corrected chi connectivity index (χ0v) is 10.7. The van der Waals surface area contributed by atoms with E-state index in [1.54, 1.807) is 0 Å². The van der Waals surface area contributed by atoms with E-state index in [0.717, 1.165) is 31.2 Å². The first-order chi connectivity index (χ1) is 8.34. The predicted molar refractivity (Wildman–Crippen MR) is 68.8 cm³/mol. The van der Waals surface area contributed by atoms with E-state index in [1.165, 1.54) is 32.4 Å². The van der Waals surface area contributed by atoms with Crippen LogP contribution in [-0.4, -0.2) is 41.0 Å². The van der Waals surface area contributed by atoms with Gasteiger partial charge in [-0.15, -0.1) is 0 Å². The van der Waals surface area contributed by atoms with Crippen LogP contribution in [0.15, 0.2) is 12.3 Å². The van der Waals surface area contributed by atoms with Crippen molar-refractivity contribution in [1.82, 2.24) is 20.2 Å². The Kier molecular flexibility index (Phi) is 4.88. The van der Waals surface area contributed by atoms with E-state index in [1.807, 2.05) is 19.2 Å². The highest BCUT2D eigenvalue weighted by molar-refractivity contribution is 5.00. The third-order valence-electron chi connectivity index (χ3n) is 3.19. The van der Waals surface area contributed by atoms with Crippen LogP contribution in [0.3, 0.4) is 0 Å². The first-order valence-corrected chi connectivity index (χ1v) is 6.56. The number of rotatable bonds is 5. The van der Waals surface area contributed by atoms with Crippen molar-refractivity contribution in [3.05, 3.63) is 23.8 Å². The fraction of sp³-hybridized carbons (Fsp3) is 0.692. The average Bonchev–Trinajstić information content (AvgIpc) is 2.36. The van der Waals surface area contributed by atoms with Gasteiger partial charge in [0.05, 0.1) is 5.69 Å². The van der Waals surface area contributed by atoms with Gasteiger partial charge in [0, 0.05) is 25.8 Å². The van der Waals surface area contributed by atoms with Gasteiger partial charge >= 0.3 is 0 Å². The summed E-state index contributed by atoms with van der Waals surface area (Å²) < 4.78 is 0. The number of nitrogens with one attached hydrogen (secondary N) is 1. The first kappa shape index (κ1) is 12.5. The molecule has 2 rings (SSSR count). The first-order valence-electron chi connectivity index (χ1n) is 6.56. The Morgan fingerprint density at radius 2 is 2.12 bits per heavy atom. The summed E-state index contributed by atoms with van der Waals surface area (Å²) in [5, 5.41) is 3.44. The van der Waals surface area contributed by atoms with Crippen molar-refractivity contribution in [1.29, 1.82) is 0 Å². The second-order valence-corrected chi connectivity index (χ2v) is 4.67. The molecule has 0 spiro atoms. The lowest BCUT2D eigenvalue weighted by Crippen LogP contribution is -2.35. The van der Waals surface area contributed by atoms with Gasteiger partial charge < -0.3 is 10.2 Å². The third-order valence-corrected chi connectivity index (χ3v) is 3.19. The second kappa shape index (κ2) is 6.67. The Morgan fingerprint density at radius 3 is 2.88 bits per heavy atom. The summed E-state index contributed by atoms with van der Waals surface area (Å²) in [4.78, 5) is 11.0. The highest BCUT2D eigenvalue weighted by Gasteiger charge is 2.08. The number of likely N-dealkylation sites (tertiary alicyclic amines) is 1. The Labute approximate surface area is 103 Å². The predicted octanol–water partition coefficient (Wildman–Crippen LogP) is 1.36. The van der Waals surface area contributed by atoms with E-state index < -0.39 is 0 Å². The van der Waals surface area contributed by atoms with Gasteiger partial charge in [-0.05, 0) is 38.9 Å². The number of aryl methyl sites for hydroxylation is 1. The van der Waals surface area contributed by atoms with Gasteiger partial charge in [-0.1, -0.05) is 6.42 Å². The molecule has 0 amide bonds. The fourth-order valence-corrected chi connectivity index (χ4v) is 2.24. The molecule has 1 fully saturated rings. The van der Waals surface area contributed by atoms with Crippen molar-refractivity contribution in [3.8, 4) is 0 Å². The molecular formula is C13H22N4. The van der Waals surface area contributed by atoms with Crippen LogP contribution in [0, 0.1) is 6.92 Å². The van der Waals surface area contributed by atoms with Crippen LogP contribution < -0.4 is 5.32 Å². The quantitative estimate of drug-likeness (QED) is 0.781. The maximum absolute atomic E-state index is 4.37. The third kappa shape index (κ3) is 4.40. The van der Waals surface area contributed by atoms with E-state index in [4.69, 9.17) is 0 Å². The minimum absolute atomic E-state index is 0.844. The van der Waals surface area contributed by atoms with Gasteiger partial charge in [-0.25, -0.2) is 9.97 Å². The lowest BCUT2D eigenvalue weighted by molar-refractivity contribution is 0.229. The van der Waals surface area contributed by atoms with E-state index >= 15 is 0 Å². The summed E-state index contributed by atoms with van der Waals surface area (Å²) in [5.74, 6) is 0.848. The number of piperidine rings is 1. The van der Waals surface area contributed by atoms with E-state index in [9.17, 15) is 0 Å². The lowest BCUT2D eigenvalue weighted by atomic mass is 10.1. The smallest absolute Gasteiger partial charge is 0.125 e. The maximum Gasteiger partial charge on any atom is 0.125 e. The summed E-state index contributed by atoms with van der Waals surface area (Å²) in [6.45, 7) is 7.52. The van der Waals surface area contributed by atoms with Crippen LogP contribution in [0.2, 0.25) is 0 Å². The second-order valence-electron chi connectivity index (χ2n) is 4.67. The zero-order valence-electron chi connectivity index (χ0n) is 10.7. The van der Waals surface area contributed by atoms with Gasteiger partial charge in [0.2, 0.25) is 0 Å². The van der Waals surface area contributed by atoms with Gasteiger partial charge in [0.1, 0.15) is 5.82 Å². The van der Waals surface area contributed by atoms with Crippen LogP contribution in [0.5, 0.6) is 0 Å². The Morgan fingerprint density at radius 1 is 1.29 bits per heavy atom. The average molecular weight is 234 g/mol. The van der Waals surface area contributed by atoms with E-state index in [2.05, 4.69) is 20.2 Å². The monoisotopic (exact) mass is 234 g/mol. The van der Waals surface area contributed by atoms with Gasteiger partial charge in [0.25, 0.3) is 0 Å². The maximum atomic E-state index is 4.37. The summed E-state index contributed by atoms with van der Waals surface area (Å²) in [7, 11) is 0. The topological polar surface area (TPSA) is 41.1 Å². The molecule has 1 aliphatic heterocycles. The molecule has 0 aromatic carbocycles. The summed E-state index contributed by atoms with van der Waals surface area (Å²) >= 11 is 0. The number of nitrogens with zero attached hydrogens (tertiary/aromatic N) is 3.